The van der Waals surface area contributed by atoms with Crippen LogP contribution in [0.15, 0.2) is 58.5 Å². The summed E-state index contributed by atoms with van der Waals surface area (Å²) < 4.78 is 39.7. The van der Waals surface area contributed by atoms with Crippen molar-refractivity contribution in [3.8, 4) is 0 Å². The van der Waals surface area contributed by atoms with E-state index in [4.69, 9.17) is 0 Å². The molecule has 0 aromatic heterocycles. The summed E-state index contributed by atoms with van der Waals surface area (Å²) in [6.07, 6.45) is 1.43. The van der Waals surface area contributed by atoms with Gasteiger partial charge in [0.25, 0.3) is 5.91 Å². The number of piperazine rings is 1. The standard InChI is InChI=1S/C20H23FN4O3S/c1-16-2-8-19(9-3-16)29(27,28)25-12-10-24(11-13-25)15-20(26)23-22-14-17-4-6-18(21)7-5-17/h2-9,14H,10-13,15H2,1H3,(H,23,26)/b22-14+. The Morgan fingerprint density at radius 2 is 1.69 bits per heavy atom. The van der Waals surface area contributed by atoms with Gasteiger partial charge >= 0.3 is 0 Å². The predicted octanol–water partition coefficient (Wildman–Crippen LogP) is 1.59. The van der Waals surface area contributed by atoms with Crippen molar-refractivity contribution in [3.63, 3.8) is 0 Å². The van der Waals surface area contributed by atoms with Crippen LogP contribution in [0.25, 0.3) is 0 Å². The Hall–Kier alpha value is -2.62. The van der Waals surface area contributed by atoms with E-state index >= 15 is 0 Å². The zero-order chi connectivity index (χ0) is 20.9. The third-order valence-electron chi connectivity index (χ3n) is 4.63. The van der Waals surface area contributed by atoms with E-state index in [1.165, 1.54) is 22.7 Å². The van der Waals surface area contributed by atoms with Crippen LogP contribution in [0.1, 0.15) is 11.1 Å². The summed E-state index contributed by atoms with van der Waals surface area (Å²) in [5, 5.41) is 3.86. The molecule has 1 aliphatic rings. The second-order valence-corrected chi connectivity index (χ2v) is 8.78. The third-order valence-corrected chi connectivity index (χ3v) is 6.54. The molecule has 0 saturated carbocycles. The number of aryl methyl sites for hydroxylation is 1. The molecule has 2 aromatic rings. The normalized spacial score (nSPS) is 16.2. The largest absolute Gasteiger partial charge is 0.292 e. The lowest BCUT2D eigenvalue weighted by atomic mass is 10.2. The molecule has 1 amide bonds. The van der Waals surface area contributed by atoms with Crippen molar-refractivity contribution in [3.05, 3.63) is 65.5 Å². The molecule has 0 aliphatic carbocycles. The van der Waals surface area contributed by atoms with Crippen LogP contribution in [-0.4, -0.2) is 62.5 Å². The summed E-state index contributed by atoms with van der Waals surface area (Å²) in [5.41, 5.74) is 4.10. The van der Waals surface area contributed by atoms with Crippen LogP contribution >= 0.6 is 0 Å². The molecule has 0 spiro atoms. The van der Waals surface area contributed by atoms with E-state index in [0.717, 1.165) is 5.56 Å². The van der Waals surface area contributed by atoms with Crippen molar-refractivity contribution < 1.29 is 17.6 Å². The lowest BCUT2D eigenvalue weighted by Crippen LogP contribution is -2.50. The monoisotopic (exact) mass is 418 g/mol. The van der Waals surface area contributed by atoms with Crippen molar-refractivity contribution in [2.75, 3.05) is 32.7 Å². The van der Waals surface area contributed by atoms with Crippen molar-refractivity contribution in [2.45, 2.75) is 11.8 Å². The molecule has 7 nitrogen and oxygen atoms in total. The highest BCUT2D eigenvalue weighted by atomic mass is 32.2. The van der Waals surface area contributed by atoms with Gasteiger partial charge in [-0.3, -0.25) is 9.69 Å². The molecule has 154 valence electrons. The molecule has 0 radical (unpaired) electrons. The predicted molar refractivity (Wildman–Crippen MR) is 109 cm³/mol. The van der Waals surface area contributed by atoms with E-state index in [1.807, 2.05) is 11.8 Å². The van der Waals surface area contributed by atoms with Crippen LogP contribution in [0.4, 0.5) is 4.39 Å². The topological polar surface area (TPSA) is 82.1 Å². The van der Waals surface area contributed by atoms with Gasteiger partial charge in [0.05, 0.1) is 17.7 Å². The molecule has 2 aromatic carbocycles. The Labute approximate surface area is 169 Å². The van der Waals surface area contributed by atoms with Gasteiger partial charge in [-0.05, 0) is 36.8 Å². The van der Waals surface area contributed by atoms with E-state index < -0.39 is 10.0 Å². The average molecular weight is 418 g/mol. The number of carbonyl (C=O) groups excluding carboxylic acids is 1. The third kappa shape index (κ3) is 5.69. The van der Waals surface area contributed by atoms with E-state index in [9.17, 15) is 17.6 Å². The molecule has 29 heavy (non-hydrogen) atoms. The molecule has 3 rings (SSSR count). The minimum atomic E-state index is -3.52. The van der Waals surface area contributed by atoms with Crippen LogP contribution in [0.2, 0.25) is 0 Å². The van der Waals surface area contributed by atoms with Gasteiger partial charge in [-0.15, -0.1) is 0 Å². The summed E-state index contributed by atoms with van der Waals surface area (Å²) in [6.45, 7) is 3.59. The first-order valence-corrected chi connectivity index (χ1v) is 10.7. The summed E-state index contributed by atoms with van der Waals surface area (Å²) in [6, 6.07) is 12.5. The minimum absolute atomic E-state index is 0.124. The highest BCUT2D eigenvalue weighted by Gasteiger charge is 2.28. The Balaban J connectivity index is 1.47. The maximum atomic E-state index is 12.9. The SMILES string of the molecule is Cc1ccc(S(=O)(=O)N2CCN(CC(=O)N/N=C/c3ccc(F)cc3)CC2)cc1. The summed E-state index contributed by atoms with van der Waals surface area (Å²) in [5.74, 6) is -0.632. The number of sulfonamides is 1. The summed E-state index contributed by atoms with van der Waals surface area (Å²) >= 11 is 0. The Kier molecular flexibility index (Phi) is 6.73. The smallest absolute Gasteiger partial charge is 0.254 e. The first kappa shape index (κ1) is 21.1. The van der Waals surface area contributed by atoms with Crippen LogP contribution in [0.3, 0.4) is 0 Å². The quantitative estimate of drug-likeness (QED) is 0.571. The van der Waals surface area contributed by atoms with Crippen molar-refractivity contribution >= 4 is 22.1 Å². The zero-order valence-electron chi connectivity index (χ0n) is 16.1. The molecule has 0 bridgehead atoms. The Morgan fingerprint density at radius 3 is 2.31 bits per heavy atom. The molecule has 1 saturated heterocycles. The van der Waals surface area contributed by atoms with E-state index in [-0.39, 0.29) is 23.2 Å². The molecule has 0 unspecified atom stereocenters. The van der Waals surface area contributed by atoms with Gasteiger partial charge in [0, 0.05) is 26.2 Å². The minimum Gasteiger partial charge on any atom is -0.292 e. The van der Waals surface area contributed by atoms with Crippen LogP contribution in [0.5, 0.6) is 0 Å². The van der Waals surface area contributed by atoms with Gasteiger partial charge in [0.1, 0.15) is 5.82 Å². The van der Waals surface area contributed by atoms with E-state index in [1.54, 1.807) is 36.4 Å². The van der Waals surface area contributed by atoms with Crippen LogP contribution in [-0.2, 0) is 14.8 Å². The van der Waals surface area contributed by atoms with Gasteiger partial charge in [0.2, 0.25) is 10.0 Å². The second kappa shape index (κ2) is 9.25. The fourth-order valence-corrected chi connectivity index (χ4v) is 4.38. The van der Waals surface area contributed by atoms with Crippen molar-refractivity contribution in [1.82, 2.24) is 14.6 Å². The van der Waals surface area contributed by atoms with E-state index in [2.05, 4.69) is 10.5 Å². The maximum Gasteiger partial charge on any atom is 0.254 e. The first-order valence-electron chi connectivity index (χ1n) is 9.21. The molecule has 1 heterocycles. The molecule has 1 fully saturated rings. The number of hydrogen-bond acceptors (Lipinski definition) is 5. The number of carbonyl (C=O) groups is 1. The number of rotatable bonds is 6. The molecular formula is C20H23FN4O3S. The number of nitrogens with zero attached hydrogens (tertiary/aromatic N) is 3. The number of hydrazone groups is 1. The lowest BCUT2D eigenvalue weighted by Gasteiger charge is -2.33. The van der Waals surface area contributed by atoms with Gasteiger partial charge < -0.3 is 0 Å². The summed E-state index contributed by atoms with van der Waals surface area (Å²) in [7, 11) is -3.52. The van der Waals surface area contributed by atoms with Gasteiger partial charge in [-0.25, -0.2) is 18.2 Å². The number of amides is 1. The maximum absolute atomic E-state index is 12.9. The fourth-order valence-electron chi connectivity index (χ4n) is 2.95. The van der Waals surface area contributed by atoms with E-state index in [0.29, 0.717) is 31.7 Å². The van der Waals surface area contributed by atoms with Crippen molar-refractivity contribution in [1.29, 1.82) is 0 Å². The molecule has 1 aliphatic heterocycles. The Bertz CT molecular complexity index is 968. The fraction of sp³-hybridized carbons (Fsp3) is 0.300. The summed E-state index contributed by atoms with van der Waals surface area (Å²) in [4.78, 5) is 14.2. The number of halogens is 1. The Morgan fingerprint density at radius 1 is 1.07 bits per heavy atom. The van der Waals surface area contributed by atoms with Gasteiger partial charge in [0.15, 0.2) is 0 Å². The number of nitrogens with one attached hydrogen (secondary N) is 1. The number of hydrogen-bond donors (Lipinski definition) is 1. The molecule has 9 heteroatoms. The average Bonchev–Trinajstić information content (AvgIpc) is 2.70. The second-order valence-electron chi connectivity index (χ2n) is 6.84. The van der Waals surface area contributed by atoms with Crippen molar-refractivity contribution in [2.24, 2.45) is 5.10 Å². The zero-order valence-corrected chi connectivity index (χ0v) is 16.9. The van der Waals surface area contributed by atoms with Gasteiger partial charge in [-0.2, -0.15) is 9.41 Å². The highest BCUT2D eigenvalue weighted by molar-refractivity contribution is 7.89. The van der Waals surface area contributed by atoms with Gasteiger partial charge in [-0.1, -0.05) is 29.8 Å². The number of benzene rings is 2. The van der Waals surface area contributed by atoms with Crippen LogP contribution < -0.4 is 5.43 Å². The molecular weight excluding hydrogens is 395 g/mol. The van der Waals surface area contributed by atoms with Crippen LogP contribution in [0, 0.1) is 12.7 Å². The lowest BCUT2D eigenvalue weighted by molar-refractivity contribution is -0.122. The highest BCUT2D eigenvalue weighted by Crippen LogP contribution is 2.18. The molecule has 1 N–H and O–H groups in total. The first-order chi connectivity index (χ1) is 13.8. The molecule has 0 atom stereocenters.